The van der Waals surface area contributed by atoms with Crippen LogP contribution in [0.4, 0.5) is 4.79 Å². The molecule has 3 atom stereocenters. The van der Waals surface area contributed by atoms with E-state index in [2.05, 4.69) is 24.5 Å². The van der Waals surface area contributed by atoms with Crippen LogP contribution in [-0.2, 0) is 4.79 Å². The summed E-state index contributed by atoms with van der Waals surface area (Å²) in [5, 5.41) is 15.0. The van der Waals surface area contributed by atoms with Crippen LogP contribution >= 0.6 is 0 Å². The molecule has 0 aromatic heterocycles. The summed E-state index contributed by atoms with van der Waals surface area (Å²) in [5.41, 5.74) is -0.835. The van der Waals surface area contributed by atoms with E-state index >= 15 is 0 Å². The highest BCUT2D eigenvalue weighted by atomic mass is 16.4. The van der Waals surface area contributed by atoms with Gasteiger partial charge in [-0.15, -0.1) is 0 Å². The van der Waals surface area contributed by atoms with Crippen molar-refractivity contribution in [1.29, 1.82) is 0 Å². The van der Waals surface area contributed by atoms with Crippen LogP contribution in [-0.4, -0.2) is 29.2 Å². The number of aliphatic carboxylic acids is 1. The quantitative estimate of drug-likeness (QED) is 0.717. The molecule has 0 aromatic carbocycles. The van der Waals surface area contributed by atoms with Gasteiger partial charge in [-0.2, -0.15) is 0 Å². The Kier molecular flexibility index (Phi) is 5.20. The van der Waals surface area contributed by atoms with Gasteiger partial charge < -0.3 is 15.7 Å². The van der Waals surface area contributed by atoms with Crippen LogP contribution in [0.1, 0.15) is 53.4 Å². The van der Waals surface area contributed by atoms with Gasteiger partial charge in [0.05, 0.1) is 5.41 Å². The van der Waals surface area contributed by atoms with Crippen LogP contribution in [0.5, 0.6) is 0 Å². The van der Waals surface area contributed by atoms with E-state index in [1.807, 2.05) is 6.92 Å². The first-order valence-corrected chi connectivity index (χ1v) is 7.06. The summed E-state index contributed by atoms with van der Waals surface area (Å²) in [6.07, 6.45) is 3.10. The number of carboxylic acid groups (broad SMARTS) is 1. The number of urea groups is 1. The summed E-state index contributed by atoms with van der Waals surface area (Å²) in [5.74, 6) is -0.309. The van der Waals surface area contributed by atoms with Crippen molar-refractivity contribution in [2.24, 2.45) is 11.3 Å². The summed E-state index contributed by atoms with van der Waals surface area (Å²) in [7, 11) is 0. The minimum Gasteiger partial charge on any atom is -0.481 e. The highest BCUT2D eigenvalue weighted by Gasteiger charge is 2.45. The van der Waals surface area contributed by atoms with E-state index in [4.69, 9.17) is 0 Å². The van der Waals surface area contributed by atoms with Gasteiger partial charge in [0.1, 0.15) is 0 Å². The molecule has 0 saturated heterocycles. The van der Waals surface area contributed by atoms with E-state index in [0.717, 1.165) is 19.3 Å². The maximum atomic E-state index is 11.9. The molecule has 110 valence electrons. The highest BCUT2D eigenvalue weighted by Crippen LogP contribution is 2.38. The maximum Gasteiger partial charge on any atom is 0.315 e. The molecule has 1 saturated carbocycles. The zero-order valence-corrected chi connectivity index (χ0v) is 12.3. The van der Waals surface area contributed by atoms with Gasteiger partial charge in [-0.05, 0) is 39.0 Å². The minimum atomic E-state index is -0.835. The zero-order chi connectivity index (χ0) is 14.6. The van der Waals surface area contributed by atoms with Gasteiger partial charge in [-0.1, -0.05) is 20.3 Å². The van der Waals surface area contributed by atoms with Crippen LogP contribution in [0.15, 0.2) is 0 Å². The third-order valence-electron chi connectivity index (χ3n) is 3.95. The Morgan fingerprint density at radius 3 is 2.53 bits per heavy atom. The molecule has 0 spiro atoms. The fourth-order valence-corrected chi connectivity index (χ4v) is 2.84. The van der Waals surface area contributed by atoms with E-state index in [1.54, 1.807) is 6.92 Å². The Labute approximate surface area is 115 Å². The fourth-order valence-electron chi connectivity index (χ4n) is 2.84. The van der Waals surface area contributed by atoms with Crippen molar-refractivity contribution in [2.45, 2.75) is 65.5 Å². The van der Waals surface area contributed by atoms with Crippen LogP contribution in [0.3, 0.4) is 0 Å². The summed E-state index contributed by atoms with van der Waals surface area (Å²) < 4.78 is 0. The van der Waals surface area contributed by atoms with Crippen molar-refractivity contribution in [3.8, 4) is 0 Å². The normalized spacial score (nSPS) is 28.2. The predicted octanol–water partition coefficient (Wildman–Crippen LogP) is 2.36. The van der Waals surface area contributed by atoms with Gasteiger partial charge in [-0.3, -0.25) is 4.79 Å². The van der Waals surface area contributed by atoms with Crippen LogP contribution in [0.2, 0.25) is 0 Å². The predicted molar refractivity (Wildman–Crippen MR) is 74.0 cm³/mol. The molecule has 5 nitrogen and oxygen atoms in total. The smallest absolute Gasteiger partial charge is 0.315 e. The van der Waals surface area contributed by atoms with Crippen LogP contribution < -0.4 is 10.6 Å². The molecule has 1 aliphatic rings. The average molecular weight is 270 g/mol. The number of rotatable bonds is 5. The Morgan fingerprint density at radius 2 is 2.00 bits per heavy atom. The molecule has 1 rings (SSSR count). The van der Waals surface area contributed by atoms with E-state index in [9.17, 15) is 14.7 Å². The van der Waals surface area contributed by atoms with Gasteiger partial charge in [0.2, 0.25) is 0 Å². The lowest BCUT2D eigenvalue weighted by atomic mass is 9.85. The molecule has 19 heavy (non-hydrogen) atoms. The fraction of sp³-hybridized carbons (Fsp3) is 0.857. The molecule has 3 unspecified atom stereocenters. The van der Waals surface area contributed by atoms with E-state index < -0.39 is 11.4 Å². The summed E-state index contributed by atoms with van der Waals surface area (Å²) in [6.45, 7) is 7.89. The molecule has 1 fully saturated rings. The van der Waals surface area contributed by atoms with E-state index in [0.29, 0.717) is 12.3 Å². The second-order valence-electron chi connectivity index (χ2n) is 6.32. The largest absolute Gasteiger partial charge is 0.481 e. The zero-order valence-electron chi connectivity index (χ0n) is 12.3. The molecule has 0 bridgehead atoms. The van der Waals surface area contributed by atoms with Crippen molar-refractivity contribution in [2.75, 3.05) is 0 Å². The first-order chi connectivity index (χ1) is 8.75. The van der Waals surface area contributed by atoms with Crippen molar-refractivity contribution >= 4 is 12.0 Å². The van der Waals surface area contributed by atoms with Gasteiger partial charge in [0, 0.05) is 12.1 Å². The Bertz CT molecular complexity index is 344. The molecule has 0 heterocycles. The highest BCUT2D eigenvalue weighted by molar-refractivity contribution is 5.79. The third-order valence-corrected chi connectivity index (χ3v) is 3.95. The first kappa shape index (κ1) is 15.8. The summed E-state index contributed by atoms with van der Waals surface area (Å²) in [6, 6.07) is -0.443. The van der Waals surface area contributed by atoms with E-state index in [-0.39, 0.29) is 18.1 Å². The number of carbonyl (C=O) groups is 2. The molecule has 0 aromatic rings. The molecule has 0 aliphatic heterocycles. The van der Waals surface area contributed by atoms with Gasteiger partial charge >= 0.3 is 12.0 Å². The van der Waals surface area contributed by atoms with Crippen LogP contribution in [0.25, 0.3) is 0 Å². The molecule has 2 amide bonds. The SMILES string of the molecule is CC(C)CC(C)NC(=O)NC1CCCC1(C)C(=O)O. The number of nitrogens with one attached hydrogen (secondary N) is 2. The Balaban J connectivity index is 2.50. The van der Waals surface area contributed by atoms with Crippen LogP contribution in [0, 0.1) is 11.3 Å². The summed E-state index contributed by atoms with van der Waals surface area (Å²) in [4.78, 5) is 23.2. The van der Waals surface area contributed by atoms with Gasteiger partial charge in [-0.25, -0.2) is 4.79 Å². The lowest BCUT2D eigenvalue weighted by molar-refractivity contribution is -0.148. The number of hydrogen-bond donors (Lipinski definition) is 3. The third kappa shape index (κ3) is 4.11. The summed E-state index contributed by atoms with van der Waals surface area (Å²) >= 11 is 0. The molecule has 5 heteroatoms. The average Bonchev–Trinajstić information content (AvgIpc) is 2.59. The lowest BCUT2D eigenvalue weighted by Crippen LogP contribution is -2.51. The van der Waals surface area contributed by atoms with E-state index in [1.165, 1.54) is 0 Å². The number of hydrogen-bond acceptors (Lipinski definition) is 2. The second kappa shape index (κ2) is 6.26. The van der Waals surface area contributed by atoms with Gasteiger partial charge in [0.25, 0.3) is 0 Å². The monoisotopic (exact) mass is 270 g/mol. The van der Waals surface area contributed by atoms with Gasteiger partial charge in [0.15, 0.2) is 0 Å². The minimum absolute atomic E-state index is 0.0949. The molecule has 1 aliphatic carbocycles. The lowest BCUT2D eigenvalue weighted by Gasteiger charge is -2.28. The van der Waals surface area contributed by atoms with Crippen molar-refractivity contribution in [3.05, 3.63) is 0 Å². The Morgan fingerprint density at radius 1 is 1.37 bits per heavy atom. The number of carboxylic acids is 1. The van der Waals surface area contributed by atoms with Crippen molar-refractivity contribution < 1.29 is 14.7 Å². The maximum absolute atomic E-state index is 11.9. The number of carbonyl (C=O) groups excluding carboxylic acids is 1. The molecular weight excluding hydrogens is 244 g/mol. The van der Waals surface area contributed by atoms with Crippen molar-refractivity contribution in [3.63, 3.8) is 0 Å². The molecule has 0 radical (unpaired) electrons. The molecular formula is C14H26N2O3. The standard InChI is InChI=1S/C14H26N2O3/c1-9(2)8-10(3)15-13(19)16-11-6-5-7-14(11,4)12(17)18/h9-11H,5-8H2,1-4H3,(H,17,18)(H2,15,16,19). The Hall–Kier alpha value is -1.26. The topological polar surface area (TPSA) is 78.4 Å². The second-order valence-corrected chi connectivity index (χ2v) is 6.32. The first-order valence-electron chi connectivity index (χ1n) is 7.06. The number of amides is 2. The molecule has 3 N–H and O–H groups in total. The van der Waals surface area contributed by atoms with Crippen molar-refractivity contribution in [1.82, 2.24) is 10.6 Å².